The molecule has 0 amide bonds. The largest absolute Gasteiger partial charge is 0.350 e. The summed E-state index contributed by atoms with van der Waals surface area (Å²) in [5.74, 6) is 0.541. The van der Waals surface area contributed by atoms with Crippen molar-refractivity contribution in [1.82, 2.24) is 4.90 Å². The van der Waals surface area contributed by atoms with Crippen LogP contribution in [0, 0.1) is 17.2 Å². The van der Waals surface area contributed by atoms with E-state index in [9.17, 15) is 0 Å². The molecule has 2 fully saturated rings. The monoisotopic (exact) mass is 272 g/mol. The summed E-state index contributed by atoms with van der Waals surface area (Å²) in [6, 6.07) is 10.1. The summed E-state index contributed by atoms with van der Waals surface area (Å²) in [4.78, 5) is 2.45. The zero-order valence-electron chi connectivity index (χ0n) is 11.6. The molecule has 4 heteroatoms. The molecule has 0 spiro atoms. The number of nitrogens with zero attached hydrogens (tertiary/aromatic N) is 2. The van der Waals surface area contributed by atoms with Gasteiger partial charge in [0.05, 0.1) is 24.8 Å². The number of rotatable bonds is 3. The van der Waals surface area contributed by atoms with Crippen LogP contribution in [0.3, 0.4) is 0 Å². The zero-order chi connectivity index (χ0) is 13.8. The fourth-order valence-corrected chi connectivity index (χ4v) is 3.03. The second-order valence-electron chi connectivity index (χ2n) is 5.54. The van der Waals surface area contributed by atoms with Crippen LogP contribution < -0.4 is 0 Å². The van der Waals surface area contributed by atoms with E-state index >= 15 is 0 Å². The number of benzene rings is 1. The van der Waals surface area contributed by atoms with E-state index in [4.69, 9.17) is 14.7 Å². The molecule has 0 aliphatic carbocycles. The molecule has 3 rings (SSSR count). The van der Waals surface area contributed by atoms with Crippen molar-refractivity contribution in [1.29, 1.82) is 5.26 Å². The molecule has 106 valence electrons. The quantitative estimate of drug-likeness (QED) is 0.845. The fraction of sp³-hybridized carbons (Fsp3) is 0.562. The molecule has 0 aromatic heterocycles. The molecule has 1 aromatic carbocycles. The van der Waals surface area contributed by atoms with E-state index in [0.29, 0.717) is 5.92 Å². The highest BCUT2D eigenvalue weighted by Gasteiger charge is 2.30. The Bertz CT molecular complexity index is 483. The molecule has 2 saturated heterocycles. The molecule has 0 unspecified atom stereocenters. The first-order valence-electron chi connectivity index (χ1n) is 7.30. The highest BCUT2D eigenvalue weighted by Crippen LogP contribution is 2.26. The van der Waals surface area contributed by atoms with Crippen molar-refractivity contribution in [3.8, 4) is 6.07 Å². The van der Waals surface area contributed by atoms with Crippen LogP contribution in [-0.2, 0) is 16.0 Å². The number of piperidine rings is 1. The van der Waals surface area contributed by atoms with Gasteiger partial charge in [-0.25, -0.2) is 0 Å². The minimum Gasteiger partial charge on any atom is -0.350 e. The smallest absolute Gasteiger partial charge is 0.160 e. The van der Waals surface area contributed by atoms with Gasteiger partial charge in [0.15, 0.2) is 6.29 Å². The first-order chi connectivity index (χ1) is 9.85. The minimum atomic E-state index is 0.0269. The summed E-state index contributed by atoms with van der Waals surface area (Å²) in [5, 5.41) is 8.93. The van der Waals surface area contributed by atoms with Crippen molar-refractivity contribution in [3.63, 3.8) is 0 Å². The van der Waals surface area contributed by atoms with E-state index in [1.54, 1.807) is 0 Å². The molecular weight excluding hydrogens is 252 g/mol. The average molecular weight is 272 g/mol. The van der Waals surface area contributed by atoms with Crippen LogP contribution >= 0.6 is 0 Å². The Morgan fingerprint density at radius 1 is 1.20 bits per heavy atom. The molecule has 2 aliphatic heterocycles. The maximum Gasteiger partial charge on any atom is 0.160 e. The van der Waals surface area contributed by atoms with Crippen molar-refractivity contribution >= 4 is 0 Å². The number of hydrogen-bond acceptors (Lipinski definition) is 4. The summed E-state index contributed by atoms with van der Waals surface area (Å²) in [7, 11) is 0. The van der Waals surface area contributed by atoms with Crippen LogP contribution in [0.25, 0.3) is 0 Å². The lowest BCUT2D eigenvalue weighted by molar-refractivity contribution is -0.0977. The topological polar surface area (TPSA) is 45.5 Å². The molecule has 0 saturated carbocycles. The molecule has 0 radical (unpaired) electrons. The third kappa shape index (κ3) is 3.18. The van der Waals surface area contributed by atoms with Gasteiger partial charge in [-0.3, -0.25) is 4.90 Å². The predicted molar refractivity (Wildman–Crippen MR) is 74.9 cm³/mol. The number of nitriles is 1. The van der Waals surface area contributed by atoms with Crippen LogP contribution in [0.15, 0.2) is 24.3 Å². The number of hydrogen-bond donors (Lipinski definition) is 0. The van der Waals surface area contributed by atoms with Crippen molar-refractivity contribution < 1.29 is 9.47 Å². The SMILES string of the molecule is N#Cc1cccc(CN2CCC(C3OCCO3)CC2)c1. The average Bonchev–Trinajstić information content (AvgIpc) is 3.02. The van der Waals surface area contributed by atoms with Crippen molar-refractivity contribution in [2.45, 2.75) is 25.7 Å². The van der Waals surface area contributed by atoms with E-state index in [1.165, 1.54) is 5.56 Å². The maximum atomic E-state index is 8.93. The van der Waals surface area contributed by atoms with Crippen molar-refractivity contribution in [3.05, 3.63) is 35.4 Å². The van der Waals surface area contributed by atoms with Crippen LogP contribution in [0.4, 0.5) is 0 Å². The van der Waals surface area contributed by atoms with E-state index in [2.05, 4.69) is 17.0 Å². The molecule has 20 heavy (non-hydrogen) atoms. The van der Waals surface area contributed by atoms with Gasteiger partial charge in [0.1, 0.15) is 0 Å². The highest BCUT2D eigenvalue weighted by atomic mass is 16.7. The predicted octanol–water partition coefficient (Wildman–Crippen LogP) is 2.14. The lowest BCUT2D eigenvalue weighted by atomic mass is 9.96. The Morgan fingerprint density at radius 2 is 1.95 bits per heavy atom. The molecule has 2 aliphatic rings. The van der Waals surface area contributed by atoms with Gasteiger partial charge in [0.2, 0.25) is 0 Å². The third-order valence-corrected chi connectivity index (χ3v) is 4.13. The Labute approximate surface area is 119 Å². The number of likely N-dealkylation sites (tertiary alicyclic amines) is 1. The second kappa shape index (κ2) is 6.36. The summed E-state index contributed by atoms with van der Waals surface area (Å²) in [5.41, 5.74) is 1.96. The lowest BCUT2D eigenvalue weighted by Gasteiger charge is -2.33. The van der Waals surface area contributed by atoms with Crippen LogP contribution in [-0.4, -0.2) is 37.5 Å². The molecular formula is C16H20N2O2. The molecule has 0 N–H and O–H groups in total. The Balaban J connectivity index is 1.52. The standard InChI is InChI=1S/C16H20N2O2/c17-11-13-2-1-3-14(10-13)12-18-6-4-15(5-7-18)16-19-8-9-20-16/h1-3,10,15-16H,4-9,12H2. The Hall–Kier alpha value is -1.41. The van der Waals surface area contributed by atoms with Crippen LogP contribution in [0.5, 0.6) is 0 Å². The summed E-state index contributed by atoms with van der Waals surface area (Å²) < 4.78 is 11.2. The summed E-state index contributed by atoms with van der Waals surface area (Å²) >= 11 is 0. The molecule has 0 atom stereocenters. The first-order valence-corrected chi connectivity index (χ1v) is 7.30. The summed E-state index contributed by atoms with van der Waals surface area (Å²) in [6.45, 7) is 4.56. The third-order valence-electron chi connectivity index (χ3n) is 4.13. The van der Waals surface area contributed by atoms with E-state index in [-0.39, 0.29) is 6.29 Å². The van der Waals surface area contributed by atoms with Crippen LogP contribution in [0.2, 0.25) is 0 Å². The van der Waals surface area contributed by atoms with E-state index in [1.807, 2.05) is 18.2 Å². The molecule has 2 heterocycles. The van der Waals surface area contributed by atoms with Gasteiger partial charge in [-0.05, 0) is 43.6 Å². The summed E-state index contributed by atoms with van der Waals surface area (Å²) in [6.07, 6.45) is 2.28. The number of ether oxygens (including phenoxy) is 2. The lowest BCUT2D eigenvalue weighted by Crippen LogP contribution is -2.37. The van der Waals surface area contributed by atoms with Gasteiger partial charge in [-0.2, -0.15) is 5.26 Å². The van der Waals surface area contributed by atoms with Crippen molar-refractivity contribution in [2.24, 2.45) is 5.92 Å². The minimum absolute atomic E-state index is 0.0269. The second-order valence-corrected chi connectivity index (χ2v) is 5.54. The fourth-order valence-electron chi connectivity index (χ4n) is 3.03. The van der Waals surface area contributed by atoms with Gasteiger partial charge < -0.3 is 9.47 Å². The van der Waals surface area contributed by atoms with E-state index in [0.717, 1.165) is 51.3 Å². The Morgan fingerprint density at radius 3 is 2.65 bits per heavy atom. The van der Waals surface area contributed by atoms with Gasteiger partial charge in [-0.15, -0.1) is 0 Å². The Kier molecular flexibility index (Phi) is 4.31. The van der Waals surface area contributed by atoms with Crippen LogP contribution in [0.1, 0.15) is 24.0 Å². The first kappa shape index (κ1) is 13.6. The zero-order valence-corrected chi connectivity index (χ0v) is 11.6. The molecule has 0 bridgehead atoms. The van der Waals surface area contributed by atoms with Gasteiger partial charge in [-0.1, -0.05) is 12.1 Å². The molecule has 1 aromatic rings. The van der Waals surface area contributed by atoms with Gasteiger partial charge in [0.25, 0.3) is 0 Å². The molecule has 4 nitrogen and oxygen atoms in total. The maximum absolute atomic E-state index is 8.93. The van der Waals surface area contributed by atoms with Crippen molar-refractivity contribution in [2.75, 3.05) is 26.3 Å². The normalized spacial score (nSPS) is 21.9. The van der Waals surface area contributed by atoms with Gasteiger partial charge >= 0.3 is 0 Å². The highest BCUT2D eigenvalue weighted by molar-refractivity contribution is 5.32. The van der Waals surface area contributed by atoms with E-state index < -0.39 is 0 Å². The van der Waals surface area contributed by atoms with Gasteiger partial charge in [0, 0.05) is 12.5 Å².